The molecule has 1 fully saturated rings. The average Bonchev–Trinajstić information content (AvgIpc) is 2.45. The zero-order chi connectivity index (χ0) is 14.5. The average molecular weight is 271 g/mol. The largest absolute Gasteiger partial charge is 0.409 e. The molecule has 0 aromatic rings. The van der Waals surface area contributed by atoms with Crippen LogP contribution >= 0.6 is 0 Å². The molecule has 6 heteroatoms. The van der Waals surface area contributed by atoms with E-state index in [0.29, 0.717) is 19.4 Å². The maximum Gasteiger partial charge on any atom is 0.236 e. The molecule has 19 heavy (non-hydrogen) atoms. The Morgan fingerprint density at radius 3 is 2.74 bits per heavy atom. The van der Waals surface area contributed by atoms with E-state index in [2.05, 4.69) is 5.16 Å². The van der Waals surface area contributed by atoms with E-state index in [-0.39, 0.29) is 24.4 Å². The van der Waals surface area contributed by atoms with E-state index < -0.39 is 5.41 Å². The first kappa shape index (κ1) is 15.8. The lowest BCUT2D eigenvalue weighted by atomic mass is 9.83. The molecule has 1 heterocycles. The van der Waals surface area contributed by atoms with Gasteiger partial charge in [-0.25, -0.2) is 0 Å². The summed E-state index contributed by atoms with van der Waals surface area (Å²) in [5.41, 5.74) is 4.72. The number of hydrogen-bond acceptors (Lipinski definition) is 4. The predicted molar refractivity (Wildman–Crippen MR) is 72.9 cm³/mol. The van der Waals surface area contributed by atoms with Gasteiger partial charge in [-0.15, -0.1) is 0 Å². The van der Waals surface area contributed by atoms with Crippen molar-refractivity contribution in [2.45, 2.75) is 52.0 Å². The molecule has 1 amide bonds. The molecule has 0 saturated carbocycles. The maximum atomic E-state index is 12.7. The highest BCUT2D eigenvalue weighted by Gasteiger charge is 2.42. The number of nitrogens with two attached hydrogens (primary N) is 1. The first-order valence-corrected chi connectivity index (χ1v) is 6.91. The summed E-state index contributed by atoms with van der Waals surface area (Å²) in [7, 11) is 0. The molecule has 0 bridgehead atoms. The lowest BCUT2D eigenvalue weighted by molar-refractivity contribution is -0.142. The van der Waals surface area contributed by atoms with Crippen molar-refractivity contribution in [1.82, 2.24) is 4.90 Å². The van der Waals surface area contributed by atoms with E-state index in [0.717, 1.165) is 19.3 Å². The number of nitrogens with zero attached hydrogens (tertiary/aromatic N) is 2. The molecule has 1 aliphatic rings. The second kappa shape index (κ2) is 6.75. The summed E-state index contributed by atoms with van der Waals surface area (Å²) in [5, 5.41) is 21.0. The second-order valence-electron chi connectivity index (χ2n) is 5.33. The maximum absolute atomic E-state index is 12.7. The quantitative estimate of drug-likeness (QED) is 0.299. The van der Waals surface area contributed by atoms with Gasteiger partial charge in [0.15, 0.2) is 5.84 Å². The van der Waals surface area contributed by atoms with E-state index in [1.54, 1.807) is 11.8 Å². The number of amidine groups is 1. The zero-order valence-corrected chi connectivity index (χ0v) is 11.8. The summed E-state index contributed by atoms with van der Waals surface area (Å²) < 4.78 is 0. The Morgan fingerprint density at radius 2 is 2.21 bits per heavy atom. The molecule has 0 aromatic heterocycles. The van der Waals surface area contributed by atoms with Gasteiger partial charge in [0.05, 0.1) is 0 Å². The molecule has 2 unspecified atom stereocenters. The summed E-state index contributed by atoms with van der Waals surface area (Å²) in [6.45, 7) is 4.30. The van der Waals surface area contributed by atoms with E-state index in [1.165, 1.54) is 0 Å². The van der Waals surface area contributed by atoms with Crippen molar-refractivity contribution in [3.05, 3.63) is 0 Å². The van der Waals surface area contributed by atoms with Gasteiger partial charge in [0, 0.05) is 19.2 Å². The van der Waals surface area contributed by atoms with Gasteiger partial charge in [-0.05, 0) is 39.0 Å². The van der Waals surface area contributed by atoms with Crippen LogP contribution in [0.15, 0.2) is 5.16 Å². The van der Waals surface area contributed by atoms with Crippen LogP contribution < -0.4 is 5.73 Å². The third-order valence-corrected chi connectivity index (χ3v) is 4.20. The summed E-state index contributed by atoms with van der Waals surface area (Å²) in [4.78, 5) is 14.5. The normalized spacial score (nSPS) is 24.1. The zero-order valence-electron chi connectivity index (χ0n) is 11.8. The van der Waals surface area contributed by atoms with Crippen LogP contribution in [0.3, 0.4) is 0 Å². The van der Waals surface area contributed by atoms with E-state index >= 15 is 0 Å². The monoisotopic (exact) mass is 271 g/mol. The topological polar surface area (TPSA) is 99.2 Å². The number of aliphatic hydroxyl groups excluding tert-OH is 1. The van der Waals surface area contributed by atoms with Gasteiger partial charge in [-0.2, -0.15) is 0 Å². The Balaban J connectivity index is 2.94. The fraction of sp³-hybridized carbons (Fsp3) is 0.846. The van der Waals surface area contributed by atoms with Crippen LogP contribution in [0.4, 0.5) is 0 Å². The number of oxime groups is 1. The number of carbonyl (C=O) groups is 1. The standard InChI is InChI=1S/C13H25N3O3/c1-3-13(2,11(14)15-19)12(18)16-8-5-4-6-10(16)7-9-17/h10,17,19H,3-9H2,1-2H3,(H2,14,15). The summed E-state index contributed by atoms with van der Waals surface area (Å²) >= 11 is 0. The van der Waals surface area contributed by atoms with Crippen molar-refractivity contribution in [3.8, 4) is 0 Å². The molecule has 1 aliphatic heterocycles. The van der Waals surface area contributed by atoms with Gasteiger partial charge in [-0.3, -0.25) is 4.79 Å². The van der Waals surface area contributed by atoms with Crippen molar-refractivity contribution >= 4 is 11.7 Å². The molecule has 0 spiro atoms. The van der Waals surface area contributed by atoms with Crippen molar-refractivity contribution in [2.24, 2.45) is 16.3 Å². The van der Waals surface area contributed by atoms with Crippen molar-refractivity contribution < 1.29 is 15.1 Å². The summed E-state index contributed by atoms with van der Waals surface area (Å²) in [6, 6.07) is 0.0589. The van der Waals surface area contributed by atoms with E-state index in [9.17, 15) is 4.79 Å². The second-order valence-corrected chi connectivity index (χ2v) is 5.33. The van der Waals surface area contributed by atoms with Gasteiger partial charge in [-0.1, -0.05) is 12.1 Å². The minimum absolute atomic E-state index is 0.0479. The number of rotatable bonds is 5. The Bertz CT molecular complexity index is 344. The number of aliphatic hydroxyl groups is 1. The third-order valence-electron chi connectivity index (χ3n) is 4.20. The molecule has 1 rings (SSSR count). The summed E-state index contributed by atoms with van der Waals surface area (Å²) in [6.07, 6.45) is 4.00. The SMILES string of the molecule is CCC(C)(C(=O)N1CCCCC1CCO)C(N)=NO. The van der Waals surface area contributed by atoms with Crippen LogP contribution in [0.5, 0.6) is 0 Å². The van der Waals surface area contributed by atoms with Gasteiger partial charge >= 0.3 is 0 Å². The molecule has 2 atom stereocenters. The Morgan fingerprint density at radius 1 is 1.53 bits per heavy atom. The molecule has 110 valence electrons. The van der Waals surface area contributed by atoms with Gasteiger partial charge in [0.25, 0.3) is 0 Å². The van der Waals surface area contributed by atoms with Crippen molar-refractivity contribution in [2.75, 3.05) is 13.2 Å². The number of piperidine rings is 1. The molecule has 0 aromatic carbocycles. The van der Waals surface area contributed by atoms with Crippen molar-refractivity contribution in [3.63, 3.8) is 0 Å². The molecule has 6 nitrogen and oxygen atoms in total. The lowest BCUT2D eigenvalue weighted by Gasteiger charge is -2.40. The number of likely N-dealkylation sites (tertiary alicyclic amines) is 1. The van der Waals surface area contributed by atoms with Gasteiger partial charge in [0.2, 0.25) is 5.91 Å². The fourth-order valence-corrected chi connectivity index (χ4v) is 2.59. The van der Waals surface area contributed by atoms with Crippen LogP contribution in [-0.2, 0) is 4.79 Å². The van der Waals surface area contributed by atoms with Crippen LogP contribution in [0.2, 0.25) is 0 Å². The number of hydrogen-bond donors (Lipinski definition) is 3. The smallest absolute Gasteiger partial charge is 0.236 e. The van der Waals surface area contributed by atoms with E-state index in [1.807, 2.05) is 6.92 Å². The molecule has 4 N–H and O–H groups in total. The first-order chi connectivity index (χ1) is 9.01. The molecule has 1 saturated heterocycles. The molecular weight excluding hydrogens is 246 g/mol. The lowest BCUT2D eigenvalue weighted by Crippen LogP contribution is -2.54. The van der Waals surface area contributed by atoms with Crippen LogP contribution in [-0.4, -0.2) is 46.1 Å². The Kier molecular flexibility index (Phi) is 5.60. The first-order valence-electron chi connectivity index (χ1n) is 6.91. The summed E-state index contributed by atoms with van der Waals surface area (Å²) in [5.74, 6) is -0.156. The predicted octanol–water partition coefficient (Wildman–Crippen LogP) is 0.913. The van der Waals surface area contributed by atoms with Gasteiger partial charge in [0.1, 0.15) is 5.41 Å². The Hall–Kier alpha value is -1.30. The molecular formula is C13H25N3O3. The highest BCUT2D eigenvalue weighted by molar-refractivity contribution is 6.06. The Labute approximate surface area is 114 Å². The minimum Gasteiger partial charge on any atom is -0.409 e. The molecule has 0 radical (unpaired) electrons. The highest BCUT2D eigenvalue weighted by atomic mass is 16.4. The van der Waals surface area contributed by atoms with Crippen LogP contribution in [0, 0.1) is 5.41 Å². The molecule has 0 aliphatic carbocycles. The van der Waals surface area contributed by atoms with Crippen LogP contribution in [0.1, 0.15) is 46.0 Å². The van der Waals surface area contributed by atoms with Crippen molar-refractivity contribution in [1.29, 1.82) is 0 Å². The number of amides is 1. The van der Waals surface area contributed by atoms with Crippen LogP contribution in [0.25, 0.3) is 0 Å². The van der Waals surface area contributed by atoms with Gasteiger partial charge < -0.3 is 20.9 Å². The minimum atomic E-state index is -0.972. The third kappa shape index (κ3) is 3.18. The number of carbonyl (C=O) groups excluding carboxylic acids is 1. The highest BCUT2D eigenvalue weighted by Crippen LogP contribution is 2.29. The van der Waals surface area contributed by atoms with E-state index in [4.69, 9.17) is 16.0 Å². The fourth-order valence-electron chi connectivity index (χ4n) is 2.59.